The quantitative estimate of drug-likeness (QED) is 0.0827. The van der Waals surface area contributed by atoms with Crippen molar-refractivity contribution in [1.82, 2.24) is 30.7 Å². The van der Waals surface area contributed by atoms with Crippen LogP contribution in [0.2, 0.25) is 0 Å². The summed E-state index contributed by atoms with van der Waals surface area (Å²) in [6.07, 6.45) is 6.28. The molecule has 1 aromatic carbocycles. The highest BCUT2D eigenvalue weighted by molar-refractivity contribution is 7.09. The second kappa shape index (κ2) is 25.1. The van der Waals surface area contributed by atoms with E-state index in [4.69, 9.17) is 19.9 Å². The van der Waals surface area contributed by atoms with E-state index in [1.54, 1.807) is 32.4 Å². The molecule has 0 spiro atoms. The summed E-state index contributed by atoms with van der Waals surface area (Å²) in [6, 6.07) is 7.89. The fourth-order valence-corrected chi connectivity index (χ4v) is 10.4. The van der Waals surface area contributed by atoms with Crippen molar-refractivity contribution in [1.29, 1.82) is 0 Å². The van der Waals surface area contributed by atoms with Crippen LogP contribution in [0.25, 0.3) is 0 Å². The van der Waals surface area contributed by atoms with Gasteiger partial charge in [-0.15, -0.1) is 11.3 Å². The Labute approximate surface area is 404 Å². The molecule has 1 aliphatic heterocycles. The van der Waals surface area contributed by atoms with Crippen molar-refractivity contribution in [3.63, 3.8) is 0 Å². The van der Waals surface area contributed by atoms with Gasteiger partial charge >= 0.3 is 0 Å². The van der Waals surface area contributed by atoms with E-state index in [0.717, 1.165) is 29.8 Å². The molecule has 1 unspecified atom stereocenters. The summed E-state index contributed by atoms with van der Waals surface area (Å²) < 4.78 is 18.2. The Balaban J connectivity index is 1.46. The van der Waals surface area contributed by atoms with Crippen LogP contribution in [0.1, 0.15) is 143 Å². The minimum atomic E-state index is -1.14. The lowest BCUT2D eigenvalue weighted by molar-refractivity contribution is -0.148. The number of likely N-dealkylation sites (tertiary alicyclic amines) is 1. The average molecular weight is 954 g/mol. The van der Waals surface area contributed by atoms with Crippen LogP contribution in [0.5, 0.6) is 0 Å². The van der Waals surface area contributed by atoms with E-state index < -0.39 is 46.9 Å². The SMILES string of the molecule is CC[C@H](C)C([C@@H](CC(=O)N1CCC[C@H]1[C@H](OC)[C@@H](C)C(=O)N[C@@H](Cc1ccccc1)c1nccs1)OC)N(C)C(=O)[C@@H](NC(=O)C1(NC(=O)CCC(C)(C)OCC(C)(C)N)CCCC1)C(C)C. The van der Waals surface area contributed by atoms with Gasteiger partial charge in [0.15, 0.2) is 0 Å². The number of hydrogen-bond donors (Lipinski definition) is 4. The molecule has 2 aliphatic rings. The van der Waals surface area contributed by atoms with E-state index in [1.165, 1.54) is 11.3 Å². The van der Waals surface area contributed by atoms with Crippen molar-refractivity contribution in [2.24, 2.45) is 23.5 Å². The third-order valence-corrected chi connectivity index (χ3v) is 14.8. The first kappa shape index (κ1) is 55.6. The highest BCUT2D eigenvalue weighted by atomic mass is 32.1. The first-order chi connectivity index (χ1) is 31.6. The zero-order chi connectivity index (χ0) is 49.7. The lowest BCUT2D eigenvalue weighted by Gasteiger charge is -2.41. The number of nitrogens with zero attached hydrogens (tertiary/aromatic N) is 3. The minimum Gasteiger partial charge on any atom is -0.379 e. The van der Waals surface area contributed by atoms with Gasteiger partial charge in [-0.3, -0.25) is 24.0 Å². The van der Waals surface area contributed by atoms with Crippen LogP contribution in [-0.2, 0) is 44.6 Å². The van der Waals surface area contributed by atoms with Gasteiger partial charge < -0.3 is 45.7 Å². The number of benzene rings is 1. The second-order valence-electron chi connectivity index (χ2n) is 20.8. The van der Waals surface area contributed by atoms with Crippen LogP contribution in [0.3, 0.4) is 0 Å². The molecular formula is C51H83N7O8S. The summed E-state index contributed by atoms with van der Waals surface area (Å²) >= 11 is 1.50. The van der Waals surface area contributed by atoms with Gasteiger partial charge in [0.25, 0.3) is 0 Å². The van der Waals surface area contributed by atoms with Crippen molar-refractivity contribution in [3.8, 4) is 0 Å². The number of amides is 5. The van der Waals surface area contributed by atoms with Gasteiger partial charge in [-0.1, -0.05) is 84.2 Å². The molecule has 15 nitrogen and oxygen atoms in total. The number of likely N-dealkylation sites (N-methyl/N-ethyl adjacent to an activating group) is 1. The number of carbonyl (C=O) groups is 5. The molecule has 1 aromatic heterocycles. The summed E-state index contributed by atoms with van der Waals surface area (Å²) in [5, 5.41) is 12.1. The molecule has 376 valence electrons. The highest BCUT2D eigenvalue weighted by Crippen LogP contribution is 2.33. The second-order valence-corrected chi connectivity index (χ2v) is 21.7. The van der Waals surface area contributed by atoms with Gasteiger partial charge in [-0.05, 0) is 83.6 Å². The highest BCUT2D eigenvalue weighted by Gasteiger charge is 2.46. The molecule has 0 radical (unpaired) electrons. The molecule has 16 heteroatoms. The normalized spacial score (nSPS) is 19.5. The number of aromatic nitrogens is 1. The Morgan fingerprint density at radius 2 is 1.66 bits per heavy atom. The van der Waals surface area contributed by atoms with Gasteiger partial charge in [0.2, 0.25) is 29.5 Å². The summed E-state index contributed by atoms with van der Waals surface area (Å²) in [6.45, 7) is 18.2. The summed E-state index contributed by atoms with van der Waals surface area (Å²) in [4.78, 5) is 79.0. The van der Waals surface area contributed by atoms with Gasteiger partial charge in [0.1, 0.15) is 16.6 Å². The molecule has 4 rings (SSSR count). The maximum absolute atomic E-state index is 14.7. The third kappa shape index (κ3) is 15.5. The molecule has 1 aliphatic carbocycles. The maximum atomic E-state index is 14.7. The Morgan fingerprint density at radius 1 is 0.985 bits per heavy atom. The van der Waals surface area contributed by atoms with Crippen molar-refractivity contribution in [3.05, 3.63) is 52.5 Å². The van der Waals surface area contributed by atoms with Gasteiger partial charge in [-0.25, -0.2) is 4.98 Å². The standard InChI is InChI=1S/C51H83N7O8S/c1-13-34(4)43(57(10)47(62)42(33(2)3)55-48(63)51(24-17-18-25-51)56-40(59)23-26-50(8,9)66-32-49(6,7)52)39(64-11)31-41(60)58-28-19-22-38(58)44(65-12)35(5)45(61)54-37(46-53-27-29-67-46)30-36-20-15-14-16-21-36/h14-16,20-21,27,29,33-35,37-39,42-44H,13,17-19,22-26,28,30-32,52H2,1-12H3,(H,54,61)(H,55,63)(H,56,59)/t34-,35+,37-,38-,39+,42-,43?,44+/m0/s1. The van der Waals surface area contributed by atoms with Crippen molar-refractivity contribution in [2.75, 3.05) is 34.4 Å². The molecular weight excluding hydrogens is 871 g/mol. The van der Waals surface area contributed by atoms with Crippen molar-refractivity contribution < 1.29 is 38.2 Å². The number of nitrogens with two attached hydrogens (primary N) is 1. The molecule has 67 heavy (non-hydrogen) atoms. The lowest BCUT2D eigenvalue weighted by Crippen LogP contribution is -2.63. The van der Waals surface area contributed by atoms with Crippen molar-refractivity contribution in [2.45, 2.75) is 186 Å². The Kier molecular flexibility index (Phi) is 20.8. The van der Waals surface area contributed by atoms with E-state index in [1.807, 2.05) is 103 Å². The van der Waals surface area contributed by atoms with Gasteiger partial charge in [0, 0.05) is 51.3 Å². The molecule has 1 saturated heterocycles. The number of ether oxygens (including phenoxy) is 3. The van der Waals surface area contributed by atoms with Crippen LogP contribution in [0, 0.1) is 17.8 Å². The monoisotopic (exact) mass is 954 g/mol. The predicted molar refractivity (Wildman–Crippen MR) is 263 cm³/mol. The van der Waals surface area contributed by atoms with Crippen LogP contribution < -0.4 is 21.7 Å². The molecule has 2 fully saturated rings. The molecule has 8 atom stereocenters. The van der Waals surface area contributed by atoms with Crippen LogP contribution >= 0.6 is 11.3 Å². The number of rotatable bonds is 26. The van der Waals surface area contributed by atoms with Crippen LogP contribution in [0.4, 0.5) is 0 Å². The van der Waals surface area contributed by atoms with Crippen LogP contribution in [-0.4, -0.2) is 126 Å². The van der Waals surface area contributed by atoms with E-state index in [0.29, 0.717) is 51.7 Å². The first-order valence-electron chi connectivity index (χ1n) is 24.5. The van der Waals surface area contributed by atoms with Gasteiger partial charge in [0.05, 0.1) is 54.9 Å². The Morgan fingerprint density at radius 3 is 2.22 bits per heavy atom. The Hall–Kier alpha value is -3.96. The molecule has 2 heterocycles. The Bertz CT molecular complexity index is 1880. The average Bonchev–Trinajstić information content (AvgIpc) is 4.10. The van der Waals surface area contributed by atoms with E-state index >= 15 is 0 Å². The fraction of sp³-hybridized carbons (Fsp3) is 0.725. The topological polar surface area (TPSA) is 195 Å². The van der Waals surface area contributed by atoms with E-state index in [-0.39, 0.29) is 66.3 Å². The number of nitrogens with one attached hydrogen (secondary N) is 3. The lowest BCUT2D eigenvalue weighted by atomic mass is 9.89. The number of methoxy groups -OCH3 is 2. The molecule has 5 N–H and O–H groups in total. The summed E-state index contributed by atoms with van der Waals surface area (Å²) in [5.74, 6) is -2.20. The summed E-state index contributed by atoms with van der Waals surface area (Å²) in [7, 11) is 4.87. The minimum absolute atomic E-state index is 0.000485. The van der Waals surface area contributed by atoms with Crippen molar-refractivity contribution >= 4 is 40.9 Å². The smallest absolute Gasteiger partial charge is 0.246 e. The third-order valence-electron chi connectivity index (χ3n) is 13.9. The molecule has 5 amide bonds. The van der Waals surface area contributed by atoms with Crippen LogP contribution in [0.15, 0.2) is 41.9 Å². The molecule has 2 aromatic rings. The fourth-order valence-electron chi connectivity index (χ4n) is 9.66. The predicted octanol–water partition coefficient (Wildman–Crippen LogP) is 6.35. The van der Waals surface area contributed by atoms with Gasteiger partial charge in [-0.2, -0.15) is 0 Å². The van der Waals surface area contributed by atoms with E-state index in [2.05, 4.69) is 20.9 Å². The number of thiazole rings is 1. The molecule has 1 saturated carbocycles. The molecule has 0 bridgehead atoms. The zero-order valence-electron chi connectivity index (χ0n) is 42.5. The first-order valence-corrected chi connectivity index (χ1v) is 25.3. The zero-order valence-corrected chi connectivity index (χ0v) is 43.3. The maximum Gasteiger partial charge on any atom is 0.246 e. The number of hydrogen-bond acceptors (Lipinski definition) is 11. The summed E-state index contributed by atoms with van der Waals surface area (Å²) in [5.41, 5.74) is 4.96. The largest absolute Gasteiger partial charge is 0.379 e. The number of carbonyl (C=O) groups excluding carboxylic acids is 5. The van der Waals surface area contributed by atoms with E-state index in [9.17, 15) is 24.0 Å².